The number of phenolic OH excluding ortho intramolecular Hbond substituents is 1. The highest BCUT2D eigenvalue weighted by atomic mass is 16.3. The van der Waals surface area contributed by atoms with Gasteiger partial charge in [-0.1, -0.05) is 13.0 Å². The van der Waals surface area contributed by atoms with Crippen LogP contribution in [-0.4, -0.2) is 27.0 Å². The van der Waals surface area contributed by atoms with Gasteiger partial charge in [-0.25, -0.2) is 0 Å². The maximum Gasteiger partial charge on any atom is 0.115 e. The van der Waals surface area contributed by atoms with Crippen LogP contribution in [0.25, 0.3) is 0 Å². The molecule has 3 aliphatic carbocycles. The van der Waals surface area contributed by atoms with Gasteiger partial charge in [0.15, 0.2) is 0 Å². The summed E-state index contributed by atoms with van der Waals surface area (Å²) in [5, 5.41) is 31.0. The Hall–Kier alpha value is -1.06. The van der Waals surface area contributed by atoms with Crippen molar-refractivity contribution in [3.63, 3.8) is 0 Å². The highest BCUT2D eigenvalue weighted by Gasteiger charge is 2.61. The van der Waals surface area contributed by atoms with E-state index in [1.54, 1.807) is 13.0 Å². The van der Waals surface area contributed by atoms with Gasteiger partial charge in [0.1, 0.15) is 5.75 Å². The average Bonchev–Trinajstić information content (AvgIpc) is 2.66. The first kappa shape index (κ1) is 14.5. The van der Waals surface area contributed by atoms with Gasteiger partial charge in [-0.05, 0) is 85.5 Å². The smallest absolute Gasteiger partial charge is 0.115 e. The van der Waals surface area contributed by atoms with Crippen LogP contribution in [-0.2, 0) is 6.42 Å². The molecule has 0 aromatic heterocycles. The van der Waals surface area contributed by atoms with Crippen LogP contribution in [0.3, 0.4) is 0 Å². The minimum absolute atomic E-state index is 0.154. The molecule has 0 aliphatic heterocycles. The molecule has 1 aromatic rings. The van der Waals surface area contributed by atoms with Crippen molar-refractivity contribution >= 4 is 0 Å². The Morgan fingerprint density at radius 3 is 2.73 bits per heavy atom. The fourth-order valence-electron chi connectivity index (χ4n) is 5.91. The van der Waals surface area contributed by atoms with Gasteiger partial charge < -0.3 is 15.3 Å². The van der Waals surface area contributed by atoms with E-state index in [0.717, 1.165) is 25.7 Å². The van der Waals surface area contributed by atoms with E-state index < -0.39 is 11.7 Å². The fourth-order valence-corrected chi connectivity index (χ4v) is 5.91. The zero-order valence-corrected chi connectivity index (χ0v) is 13.4. The Labute approximate surface area is 132 Å². The zero-order valence-electron chi connectivity index (χ0n) is 13.4. The third-order valence-corrected chi connectivity index (χ3v) is 6.99. The molecule has 2 saturated carbocycles. The number of hydrogen-bond acceptors (Lipinski definition) is 3. The summed E-state index contributed by atoms with van der Waals surface area (Å²) in [5.74, 6) is 1.80. The van der Waals surface area contributed by atoms with Crippen molar-refractivity contribution in [3.05, 3.63) is 29.3 Å². The van der Waals surface area contributed by atoms with E-state index in [1.807, 2.05) is 6.07 Å². The number of hydrogen-bond donors (Lipinski definition) is 3. The number of benzene rings is 1. The molecule has 120 valence electrons. The lowest BCUT2D eigenvalue weighted by atomic mass is 9.55. The summed E-state index contributed by atoms with van der Waals surface area (Å²) < 4.78 is 0. The van der Waals surface area contributed by atoms with Gasteiger partial charge in [0.2, 0.25) is 0 Å². The van der Waals surface area contributed by atoms with Crippen molar-refractivity contribution < 1.29 is 15.3 Å². The van der Waals surface area contributed by atoms with Crippen LogP contribution in [0.2, 0.25) is 0 Å². The fraction of sp³-hybridized carbons (Fsp3) is 0.684. The quantitative estimate of drug-likeness (QED) is 0.690. The van der Waals surface area contributed by atoms with Gasteiger partial charge in [-0.2, -0.15) is 0 Å². The topological polar surface area (TPSA) is 60.7 Å². The summed E-state index contributed by atoms with van der Waals surface area (Å²) in [7, 11) is 0. The molecule has 3 heteroatoms. The van der Waals surface area contributed by atoms with Crippen LogP contribution in [0.1, 0.15) is 56.6 Å². The van der Waals surface area contributed by atoms with E-state index in [2.05, 4.69) is 13.0 Å². The van der Waals surface area contributed by atoms with Crippen molar-refractivity contribution in [2.45, 2.75) is 63.6 Å². The molecule has 0 spiro atoms. The van der Waals surface area contributed by atoms with Crippen LogP contribution in [0.5, 0.6) is 5.75 Å². The molecule has 1 aromatic carbocycles. The molecule has 6 atom stereocenters. The van der Waals surface area contributed by atoms with Crippen LogP contribution >= 0.6 is 0 Å². The third kappa shape index (κ3) is 1.82. The normalized spacial score (nSPS) is 46.7. The number of aliphatic hydroxyl groups is 2. The van der Waals surface area contributed by atoms with Crippen LogP contribution in [0.15, 0.2) is 18.2 Å². The SMILES string of the molecule is CC1(O)C[C@H]2[C@@H]3CCc4cc(O)ccc4[C@H]3CC[C@]2(C)C1O. The Morgan fingerprint density at radius 1 is 1.18 bits per heavy atom. The summed E-state index contributed by atoms with van der Waals surface area (Å²) in [6.07, 6.45) is 4.23. The number of aromatic hydroxyl groups is 1. The van der Waals surface area contributed by atoms with Gasteiger partial charge in [0.25, 0.3) is 0 Å². The summed E-state index contributed by atoms with van der Waals surface area (Å²) in [6, 6.07) is 5.81. The second-order valence-electron chi connectivity index (χ2n) is 8.31. The second kappa shape index (κ2) is 4.48. The van der Waals surface area contributed by atoms with Crippen molar-refractivity contribution in [1.29, 1.82) is 0 Å². The second-order valence-corrected chi connectivity index (χ2v) is 8.31. The Morgan fingerprint density at radius 2 is 1.95 bits per heavy atom. The molecule has 3 N–H and O–H groups in total. The Balaban J connectivity index is 1.72. The Kier molecular flexibility index (Phi) is 2.96. The molecular formula is C19H26O3. The van der Waals surface area contributed by atoms with E-state index in [4.69, 9.17) is 0 Å². The molecule has 2 fully saturated rings. The highest BCUT2D eigenvalue weighted by molar-refractivity contribution is 5.40. The predicted molar refractivity (Wildman–Crippen MR) is 84.7 cm³/mol. The monoisotopic (exact) mass is 302 g/mol. The van der Waals surface area contributed by atoms with Crippen LogP contribution in [0, 0.1) is 17.3 Å². The standard InChI is InChI=1S/C19H26O3/c1-18-8-7-14-13-6-4-12(20)9-11(13)3-5-15(14)16(18)10-19(2,22)17(18)21/h4,6,9,14-17,20-22H,3,5,7-8,10H2,1-2H3/t14-,15-,16+,17?,18+,19?/m1/s1. The molecule has 4 rings (SSSR count). The van der Waals surface area contributed by atoms with E-state index in [9.17, 15) is 15.3 Å². The predicted octanol–water partition coefficient (Wildman–Crippen LogP) is 2.97. The first-order valence-corrected chi connectivity index (χ1v) is 8.55. The number of rotatable bonds is 0. The van der Waals surface area contributed by atoms with Crippen LogP contribution < -0.4 is 0 Å². The molecule has 2 unspecified atom stereocenters. The lowest BCUT2D eigenvalue weighted by Crippen LogP contribution is -2.46. The van der Waals surface area contributed by atoms with Crippen molar-refractivity contribution in [1.82, 2.24) is 0 Å². The van der Waals surface area contributed by atoms with E-state index in [-0.39, 0.29) is 5.41 Å². The van der Waals surface area contributed by atoms with Crippen molar-refractivity contribution in [2.75, 3.05) is 0 Å². The highest BCUT2D eigenvalue weighted by Crippen LogP contribution is 2.63. The van der Waals surface area contributed by atoms with Gasteiger partial charge in [-0.3, -0.25) is 0 Å². The molecule has 0 radical (unpaired) electrons. The lowest BCUT2D eigenvalue weighted by molar-refractivity contribution is -0.0903. The molecule has 3 aliphatic rings. The Bertz CT molecular complexity index is 609. The number of fused-ring (bicyclic) bond motifs is 5. The first-order chi connectivity index (χ1) is 10.3. The van der Waals surface area contributed by atoms with E-state index >= 15 is 0 Å². The molecule has 0 amide bonds. The zero-order chi connectivity index (χ0) is 15.7. The van der Waals surface area contributed by atoms with Crippen molar-refractivity contribution in [2.24, 2.45) is 17.3 Å². The number of aryl methyl sites for hydroxylation is 1. The minimum Gasteiger partial charge on any atom is -0.508 e. The van der Waals surface area contributed by atoms with Gasteiger partial charge in [-0.15, -0.1) is 0 Å². The lowest BCUT2D eigenvalue weighted by Gasteiger charge is -2.49. The average molecular weight is 302 g/mol. The largest absolute Gasteiger partial charge is 0.508 e. The third-order valence-electron chi connectivity index (χ3n) is 6.99. The molecule has 3 nitrogen and oxygen atoms in total. The van der Waals surface area contributed by atoms with Crippen LogP contribution in [0.4, 0.5) is 0 Å². The van der Waals surface area contributed by atoms with Gasteiger partial charge in [0, 0.05) is 0 Å². The maximum atomic E-state index is 10.7. The summed E-state index contributed by atoms with van der Waals surface area (Å²) >= 11 is 0. The van der Waals surface area contributed by atoms with E-state index in [0.29, 0.717) is 29.9 Å². The number of phenols is 1. The van der Waals surface area contributed by atoms with E-state index in [1.165, 1.54) is 11.1 Å². The molecule has 0 heterocycles. The first-order valence-electron chi connectivity index (χ1n) is 8.55. The van der Waals surface area contributed by atoms with Gasteiger partial charge in [0.05, 0.1) is 11.7 Å². The molecule has 22 heavy (non-hydrogen) atoms. The number of aliphatic hydroxyl groups excluding tert-OH is 1. The molecular weight excluding hydrogens is 276 g/mol. The molecule has 0 bridgehead atoms. The summed E-state index contributed by atoms with van der Waals surface area (Å²) in [4.78, 5) is 0. The minimum atomic E-state index is -0.955. The summed E-state index contributed by atoms with van der Waals surface area (Å²) in [5.41, 5.74) is 1.56. The maximum absolute atomic E-state index is 10.7. The summed E-state index contributed by atoms with van der Waals surface area (Å²) in [6.45, 7) is 3.97. The van der Waals surface area contributed by atoms with Crippen molar-refractivity contribution in [3.8, 4) is 5.75 Å². The molecule has 0 saturated heterocycles. The van der Waals surface area contributed by atoms with Gasteiger partial charge >= 0.3 is 0 Å².